The van der Waals surface area contributed by atoms with Crippen molar-refractivity contribution in [1.82, 2.24) is 15.1 Å². The van der Waals surface area contributed by atoms with E-state index in [0.717, 1.165) is 13.0 Å². The first-order valence-corrected chi connectivity index (χ1v) is 6.22. The molecule has 1 rings (SSSR count). The van der Waals surface area contributed by atoms with Crippen LogP contribution < -0.4 is 5.32 Å². The molecule has 1 aromatic heterocycles. The Balaban J connectivity index is 2.66. The van der Waals surface area contributed by atoms with Gasteiger partial charge in [0.2, 0.25) is 10.1 Å². The van der Waals surface area contributed by atoms with Crippen LogP contribution in [0.15, 0.2) is 0 Å². The van der Waals surface area contributed by atoms with Gasteiger partial charge in [-0.2, -0.15) is 0 Å². The highest BCUT2D eigenvalue weighted by Gasteiger charge is 2.18. The van der Waals surface area contributed by atoms with Crippen molar-refractivity contribution in [1.29, 1.82) is 0 Å². The highest BCUT2D eigenvalue weighted by molar-refractivity contribution is 7.17. The molecule has 0 saturated carbocycles. The fraction of sp³-hybridized carbons (Fsp3) is 0.700. The normalized spacial score (nSPS) is 10.6. The molecule has 0 aliphatic rings. The van der Waals surface area contributed by atoms with E-state index in [0.29, 0.717) is 10.1 Å². The van der Waals surface area contributed by atoms with E-state index >= 15 is 0 Å². The number of hydrogen-bond donors (Lipinski definition) is 1. The minimum Gasteiger partial charge on any atom is -0.360 e. The van der Waals surface area contributed by atoms with E-state index in [1.165, 1.54) is 11.3 Å². The number of carbonyl (C=O) groups is 1. The van der Waals surface area contributed by atoms with Crippen molar-refractivity contribution in [2.75, 3.05) is 18.9 Å². The molecule has 6 heteroatoms. The van der Waals surface area contributed by atoms with Gasteiger partial charge in [-0.25, -0.2) is 0 Å². The SMILES string of the molecule is CCCNc1nnc(C(=O)N(C)C(C)C)s1. The molecule has 0 aliphatic carbocycles. The molecular formula is C10H18N4OS. The van der Waals surface area contributed by atoms with Crippen LogP contribution in [0.25, 0.3) is 0 Å². The van der Waals surface area contributed by atoms with Crippen molar-refractivity contribution in [3.05, 3.63) is 5.01 Å². The van der Waals surface area contributed by atoms with E-state index in [1.807, 2.05) is 13.8 Å². The van der Waals surface area contributed by atoms with Crippen LogP contribution in [-0.4, -0.2) is 40.6 Å². The number of hydrogen-bond acceptors (Lipinski definition) is 5. The molecule has 0 saturated heterocycles. The van der Waals surface area contributed by atoms with E-state index in [9.17, 15) is 4.79 Å². The molecule has 1 amide bonds. The van der Waals surface area contributed by atoms with Crippen LogP contribution in [-0.2, 0) is 0 Å². The second-order valence-corrected chi connectivity index (χ2v) is 4.83. The topological polar surface area (TPSA) is 58.1 Å². The Morgan fingerprint density at radius 1 is 1.50 bits per heavy atom. The third-order valence-corrected chi connectivity index (χ3v) is 3.10. The molecule has 90 valence electrons. The molecule has 0 aliphatic heterocycles. The van der Waals surface area contributed by atoms with Crippen molar-refractivity contribution in [2.45, 2.75) is 33.2 Å². The molecule has 0 spiro atoms. The van der Waals surface area contributed by atoms with Gasteiger partial charge in [-0.05, 0) is 20.3 Å². The molecule has 0 atom stereocenters. The smallest absolute Gasteiger partial charge is 0.284 e. The van der Waals surface area contributed by atoms with Crippen molar-refractivity contribution in [3.8, 4) is 0 Å². The lowest BCUT2D eigenvalue weighted by Gasteiger charge is -2.19. The standard InChI is InChI=1S/C10H18N4OS/c1-5-6-11-10-13-12-8(16-10)9(15)14(4)7(2)3/h7H,5-6H2,1-4H3,(H,11,13). The molecule has 0 aromatic carbocycles. The third-order valence-electron chi connectivity index (χ3n) is 2.23. The second-order valence-electron chi connectivity index (χ2n) is 3.85. The monoisotopic (exact) mass is 242 g/mol. The number of carbonyl (C=O) groups excluding carboxylic acids is 1. The number of anilines is 1. The third kappa shape index (κ3) is 3.16. The Labute approximate surface area is 99.9 Å². The Morgan fingerprint density at radius 2 is 2.19 bits per heavy atom. The maximum atomic E-state index is 11.9. The van der Waals surface area contributed by atoms with Gasteiger partial charge >= 0.3 is 0 Å². The molecule has 1 heterocycles. The first-order valence-electron chi connectivity index (χ1n) is 5.40. The van der Waals surface area contributed by atoms with E-state index < -0.39 is 0 Å². The van der Waals surface area contributed by atoms with Crippen molar-refractivity contribution < 1.29 is 4.79 Å². The van der Waals surface area contributed by atoms with Crippen LogP contribution in [0, 0.1) is 0 Å². The van der Waals surface area contributed by atoms with Crippen LogP contribution in [0.3, 0.4) is 0 Å². The fourth-order valence-corrected chi connectivity index (χ4v) is 1.75. The predicted octanol–water partition coefficient (Wildman–Crippen LogP) is 1.84. The minimum absolute atomic E-state index is 0.0722. The Bertz CT molecular complexity index is 350. The van der Waals surface area contributed by atoms with Crippen LogP contribution in [0.1, 0.15) is 37.0 Å². The second kappa shape index (κ2) is 5.79. The molecule has 0 fully saturated rings. The molecule has 0 unspecified atom stereocenters. The summed E-state index contributed by atoms with van der Waals surface area (Å²) in [4.78, 5) is 13.5. The predicted molar refractivity (Wildman–Crippen MR) is 65.9 cm³/mol. The van der Waals surface area contributed by atoms with Crippen LogP contribution >= 0.6 is 11.3 Å². The molecular weight excluding hydrogens is 224 g/mol. The average Bonchev–Trinajstić information content (AvgIpc) is 2.72. The zero-order valence-corrected chi connectivity index (χ0v) is 11.0. The summed E-state index contributed by atoms with van der Waals surface area (Å²) in [5, 5.41) is 12.1. The molecule has 0 bridgehead atoms. The summed E-state index contributed by atoms with van der Waals surface area (Å²) in [7, 11) is 1.77. The molecule has 16 heavy (non-hydrogen) atoms. The summed E-state index contributed by atoms with van der Waals surface area (Å²) in [6.45, 7) is 6.86. The van der Waals surface area contributed by atoms with E-state index in [1.54, 1.807) is 11.9 Å². The van der Waals surface area contributed by atoms with Gasteiger partial charge < -0.3 is 10.2 Å². The van der Waals surface area contributed by atoms with E-state index in [4.69, 9.17) is 0 Å². The summed E-state index contributed by atoms with van der Waals surface area (Å²) < 4.78 is 0. The van der Waals surface area contributed by atoms with Crippen molar-refractivity contribution in [3.63, 3.8) is 0 Å². The number of nitrogens with zero attached hydrogens (tertiary/aromatic N) is 3. The highest BCUT2D eigenvalue weighted by Crippen LogP contribution is 2.17. The van der Waals surface area contributed by atoms with E-state index in [-0.39, 0.29) is 11.9 Å². The zero-order chi connectivity index (χ0) is 12.1. The number of rotatable bonds is 5. The van der Waals surface area contributed by atoms with Crippen LogP contribution in [0.2, 0.25) is 0 Å². The van der Waals surface area contributed by atoms with Crippen molar-refractivity contribution >= 4 is 22.4 Å². The van der Waals surface area contributed by atoms with E-state index in [2.05, 4.69) is 22.4 Å². The Kier molecular flexibility index (Phi) is 4.67. The van der Waals surface area contributed by atoms with Gasteiger partial charge in [-0.1, -0.05) is 18.3 Å². The zero-order valence-electron chi connectivity index (χ0n) is 10.1. The number of nitrogens with one attached hydrogen (secondary N) is 1. The van der Waals surface area contributed by atoms with Crippen LogP contribution in [0.5, 0.6) is 0 Å². The summed E-state index contributed by atoms with van der Waals surface area (Å²) in [6.07, 6.45) is 1.02. The minimum atomic E-state index is -0.0722. The lowest BCUT2D eigenvalue weighted by Crippen LogP contribution is -2.32. The van der Waals surface area contributed by atoms with Gasteiger partial charge in [0.25, 0.3) is 5.91 Å². The van der Waals surface area contributed by atoms with Crippen LogP contribution in [0.4, 0.5) is 5.13 Å². The summed E-state index contributed by atoms with van der Waals surface area (Å²) >= 11 is 1.30. The number of aromatic nitrogens is 2. The van der Waals surface area contributed by atoms with Gasteiger partial charge in [0.1, 0.15) is 0 Å². The molecule has 5 nitrogen and oxygen atoms in total. The lowest BCUT2D eigenvalue weighted by molar-refractivity contribution is 0.0753. The molecule has 1 N–H and O–H groups in total. The summed E-state index contributed by atoms with van der Waals surface area (Å²) in [5.41, 5.74) is 0. The summed E-state index contributed by atoms with van der Waals surface area (Å²) in [6, 6.07) is 0.170. The first-order chi connectivity index (χ1) is 7.56. The fourth-order valence-electron chi connectivity index (χ4n) is 0.998. The van der Waals surface area contributed by atoms with Gasteiger partial charge in [0.05, 0.1) is 0 Å². The van der Waals surface area contributed by atoms with Gasteiger partial charge in [0, 0.05) is 19.6 Å². The Hall–Kier alpha value is -1.17. The first kappa shape index (κ1) is 12.9. The molecule has 0 radical (unpaired) electrons. The van der Waals surface area contributed by atoms with Crippen molar-refractivity contribution in [2.24, 2.45) is 0 Å². The summed E-state index contributed by atoms with van der Waals surface area (Å²) in [5.74, 6) is -0.0722. The average molecular weight is 242 g/mol. The van der Waals surface area contributed by atoms with Gasteiger partial charge in [-0.3, -0.25) is 4.79 Å². The highest BCUT2D eigenvalue weighted by atomic mass is 32.1. The number of amides is 1. The van der Waals surface area contributed by atoms with Gasteiger partial charge in [-0.15, -0.1) is 10.2 Å². The van der Waals surface area contributed by atoms with Gasteiger partial charge in [0.15, 0.2) is 0 Å². The largest absolute Gasteiger partial charge is 0.360 e. The Morgan fingerprint density at radius 3 is 2.75 bits per heavy atom. The maximum absolute atomic E-state index is 11.9. The lowest BCUT2D eigenvalue weighted by atomic mass is 10.3. The molecule has 1 aromatic rings. The quantitative estimate of drug-likeness (QED) is 0.856. The maximum Gasteiger partial charge on any atom is 0.284 e.